The van der Waals surface area contributed by atoms with Crippen molar-refractivity contribution in [3.8, 4) is 11.5 Å². The van der Waals surface area contributed by atoms with E-state index in [0.717, 1.165) is 0 Å². The fourth-order valence-corrected chi connectivity index (χ4v) is 5.24. The average Bonchev–Trinajstić information content (AvgIpc) is 2.91. The van der Waals surface area contributed by atoms with Crippen LogP contribution < -0.4 is 11.1 Å². The first-order chi connectivity index (χ1) is 19.4. The predicted octanol–water partition coefficient (Wildman–Crippen LogP) is 4.36. The number of aromatic hydroxyl groups is 2. The normalized spacial score (nSPS) is 31.7. The third-order valence-electron chi connectivity index (χ3n) is 7.31. The Morgan fingerprint density at radius 2 is 1.68 bits per heavy atom. The Morgan fingerprint density at radius 1 is 1.00 bits per heavy atom. The molecule has 41 heavy (non-hydrogen) atoms. The highest BCUT2D eigenvalue weighted by molar-refractivity contribution is 6.04. The fourth-order valence-electron chi connectivity index (χ4n) is 5.24. The summed E-state index contributed by atoms with van der Waals surface area (Å²) in [5, 5.41) is 24.2. The summed E-state index contributed by atoms with van der Waals surface area (Å²) < 4.78 is 28.6. The number of hydrogen-bond acceptors (Lipinski definition) is 9. The minimum absolute atomic E-state index is 0.0325. The Bertz CT molecular complexity index is 1150. The molecule has 0 saturated heterocycles. The van der Waals surface area contributed by atoms with Gasteiger partial charge in [-0.2, -0.15) is 0 Å². The van der Waals surface area contributed by atoms with Crippen LogP contribution in [0.15, 0.2) is 47.6 Å². The van der Waals surface area contributed by atoms with Gasteiger partial charge in [0.25, 0.3) is 5.91 Å². The molecule has 228 valence electrons. The van der Waals surface area contributed by atoms with Crippen LogP contribution in [-0.2, 0) is 28.5 Å². The number of phenols is 2. The number of hydrogen-bond donors (Lipinski definition) is 4. The van der Waals surface area contributed by atoms with Crippen LogP contribution in [0.25, 0.3) is 0 Å². The lowest BCUT2D eigenvalue weighted by Gasteiger charge is -2.33. The van der Waals surface area contributed by atoms with Gasteiger partial charge in [0.1, 0.15) is 17.6 Å². The molecule has 0 fully saturated rings. The van der Waals surface area contributed by atoms with Crippen LogP contribution in [0.3, 0.4) is 0 Å². The molecular weight excluding hydrogens is 532 g/mol. The number of benzene rings is 1. The lowest BCUT2D eigenvalue weighted by molar-refractivity contribution is -0.112. The molecule has 0 aromatic heterocycles. The van der Waals surface area contributed by atoms with Crippen LogP contribution >= 0.6 is 0 Å². The zero-order valence-electron chi connectivity index (χ0n) is 25.0. The van der Waals surface area contributed by atoms with Crippen LogP contribution in [0.5, 0.6) is 11.5 Å². The molecule has 1 aromatic carbocycles. The fraction of sp³-hybridized carbons (Fsp3) is 0.533. The van der Waals surface area contributed by atoms with Crippen molar-refractivity contribution >= 4 is 17.7 Å². The second kappa shape index (κ2) is 15.6. The van der Waals surface area contributed by atoms with Crippen molar-refractivity contribution in [1.82, 2.24) is 0 Å². The van der Waals surface area contributed by atoms with E-state index >= 15 is 0 Å². The SMILES string of the molecule is CO[C@H]1[C@@H](OC)C[C@H](C)[C@@H](OC)c2cc(O)cc(c2O)NC(=O)/C(C)=C/C=C/[C@H](OC)[C@@H](OC(N)=O)/C(C)=C/[C@@H]1C. The molecule has 2 bridgehead atoms. The van der Waals surface area contributed by atoms with E-state index in [-0.39, 0.29) is 29.0 Å². The van der Waals surface area contributed by atoms with Gasteiger partial charge in [-0.15, -0.1) is 0 Å². The highest BCUT2D eigenvalue weighted by Crippen LogP contribution is 2.41. The Labute approximate surface area is 241 Å². The van der Waals surface area contributed by atoms with Gasteiger partial charge in [-0.3, -0.25) is 4.79 Å². The number of anilines is 1. The number of allylic oxidation sites excluding steroid dienone is 2. The van der Waals surface area contributed by atoms with Crippen molar-refractivity contribution in [1.29, 1.82) is 0 Å². The summed E-state index contributed by atoms with van der Waals surface area (Å²) in [6, 6.07) is 2.68. The van der Waals surface area contributed by atoms with Crippen LogP contribution in [0.1, 0.15) is 45.8 Å². The second-order valence-electron chi connectivity index (χ2n) is 10.3. The van der Waals surface area contributed by atoms with Crippen LogP contribution in [0.2, 0.25) is 0 Å². The van der Waals surface area contributed by atoms with Gasteiger partial charge in [0, 0.05) is 51.6 Å². The Kier molecular flexibility index (Phi) is 12.8. The van der Waals surface area contributed by atoms with Crippen molar-refractivity contribution in [2.45, 2.75) is 64.6 Å². The number of carbonyl (C=O) groups excluding carboxylic acids is 2. The molecule has 1 aliphatic rings. The molecule has 2 amide bonds. The highest BCUT2D eigenvalue weighted by Gasteiger charge is 2.33. The third-order valence-corrected chi connectivity index (χ3v) is 7.31. The minimum Gasteiger partial charge on any atom is -0.508 e. The summed E-state index contributed by atoms with van der Waals surface area (Å²) in [6.07, 6.45) is 3.14. The standard InChI is InChI=1S/C30H44N2O9/c1-16-10-9-11-23(37-5)28(41-30(31)36)18(3)12-17(2)27(40-8)24(38-6)13-19(4)26(39-7)21-14-20(33)15-22(25(21)34)32-29(16)35/h9-12,14-15,17,19,23-24,26-28,33-34H,13H2,1-8H3,(H2,31,36)(H,32,35)/b11-9+,16-10+,18-12+/t17-,19-,23-,24-,26+,27+,28-/m0/s1. The van der Waals surface area contributed by atoms with E-state index < -0.39 is 42.5 Å². The highest BCUT2D eigenvalue weighted by atomic mass is 16.6. The summed E-state index contributed by atoms with van der Waals surface area (Å²) >= 11 is 0. The Hall–Kier alpha value is -3.38. The molecule has 0 spiro atoms. The van der Waals surface area contributed by atoms with Crippen molar-refractivity contribution in [2.75, 3.05) is 33.8 Å². The smallest absolute Gasteiger partial charge is 0.405 e. The maximum Gasteiger partial charge on any atom is 0.405 e. The monoisotopic (exact) mass is 576 g/mol. The number of carbonyl (C=O) groups is 2. The quantitative estimate of drug-likeness (QED) is 0.227. The number of methoxy groups -OCH3 is 4. The van der Waals surface area contributed by atoms with Crippen molar-refractivity contribution < 1.29 is 43.5 Å². The van der Waals surface area contributed by atoms with Crippen molar-refractivity contribution in [2.24, 2.45) is 17.6 Å². The Balaban J connectivity index is 2.71. The van der Waals surface area contributed by atoms with Gasteiger partial charge in [0.2, 0.25) is 0 Å². The number of amides is 2. The molecule has 1 aliphatic heterocycles. The van der Waals surface area contributed by atoms with E-state index in [1.165, 1.54) is 26.4 Å². The summed E-state index contributed by atoms with van der Waals surface area (Å²) in [5.41, 5.74) is 6.71. The molecule has 2 rings (SSSR count). The number of nitrogens with one attached hydrogen (secondary N) is 1. The first-order valence-electron chi connectivity index (χ1n) is 13.4. The Morgan fingerprint density at radius 3 is 2.24 bits per heavy atom. The van der Waals surface area contributed by atoms with E-state index in [2.05, 4.69) is 5.32 Å². The topological polar surface area (TPSA) is 159 Å². The van der Waals surface area contributed by atoms with Crippen molar-refractivity contribution in [3.05, 3.63) is 53.1 Å². The van der Waals surface area contributed by atoms with E-state index in [1.807, 2.05) is 19.9 Å². The van der Waals surface area contributed by atoms with Crippen LogP contribution in [-0.4, -0.2) is 75.1 Å². The summed E-state index contributed by atoms with van der Waals surface area (Å²) in [7, 11) is 6.15. The first kappa shape index (κ1) is 33.8. The average molecular weight is 577 g/mol. The van der Waals surface area contributed by atoms with Gasteiger partial charge >= 0.3 is 6.09 Å². The van der Waals surface area contributed by atoms with Crippen LogP contribution in [0.4, 0.5) is 10.5 Å². The molecule has 0 saturated carbocycles. The molecule has 1 aromatic rings. The van der Waals surface area contributed by atoms with Crippen LogP contribution in [0, 0.1) is 11.8 Å². The number of primary amides is 1. The largest absolute Gasteiger partial charge is 0.508 e. The molecule has 0 aliphatic carbocycles. The maximum atomic E-state index is 12.9. The zero-order chi connectivity index (χ0) is 30.9. The van der Waals surface area contributed by atoms with E-state index in [1.54, 1.807) is 46.3 Å². The molecule has 0 radical (unpaired) electrons. The number of rotatable bonds is 5. The molecular formula is C30H44N2O9. The van der Waals surface area contributed by atoms with E-state index in [4.69, 9.17) is 29.4 Å². The van der Waals surface area contributed by atoms with Gasteiger partial charge in [-0.05, 0) is 37.8 Å². The van der Waals surface area contributed by atoms with E-state index in [0.29, 0.717) is 23.1 Å². The third kappa shape index (κ3) is 8.80. The van der Waals surface area contributed by atoms with Crippen molar-refractivity contribution in [3.63, 3.8) is 0 Å². The van der Waals surface area contributed by atoms with Gasteiger partial charge in [-0.25, -0.2) is 4.79 Å². The molecule has 11 heteroatoms. The summed E-state index contributed by atoms with van der Waals surface area (Å²) in [4.78, 5) is 24.7. The number of nitrogens with two attached hydrogens (primary N) is 1. The molecule has 0 unspecified atom stereocenters. The van der Waals surface area contributed by atoms with Gasteiger partial charge in [0.05, 0.1) is 24.0 Å². The maximum absolute atomic E-state index is 12.9. The first-order valence-corrected chi connectivity index (χ1v) is 13.4. The second-order valence-corrected chi connectivity index (χ2v) is 10.3. The minimum atomic E-state index is -0.961. The summed E-state index contributed by atoms with van der Waals surface area (Å²) in [6.45, 7) is 7.29. The lowest BCUT2D eigenvalue weighted by Crippen LogP contribution is -2.38. The molecule has 11 nitrogen and oxygen atoms in total. The molecule has 5 N–H and O–H groups in total. The number of phenolic OH excluding ortho intramolecular Hbond substituents is 2. The molecule has 1 heterocycles. The van der Waals surface area contributed by atoms with E-state index in [9.17, 15) is 19.8 Å². The summed E-state index contributed by atoms with van der Waals surface area (Å²) in [5.74, 6) is -1.30. The molecule has 7 atom stereocenters. The van der Waals surface area contributed by atoms with Gasteiger partial charge < -0.3 is 44.9 Å². The number of fused-ring (bicyclic) bond motifs is 2. The lowest BCUT2D eigenvalue weighted by atomic mass is 9.86. The predicted molar refractivity (Wildman–Crippen MR) is 155 cm³/mol. The zero-order valence-corrected chi connectivity index (χ0v) is 25.0. The van der Waals surface area contributed by atoms with Gasteiger partial charge in [-0.1, -0.05) is 38.2 Å². The van der Waals surface area contributed by atoms with Gasteiger partial charge in [0.15, 0.2) is 6.10 Å². The number of ether oxygens (including phenoxy) is 5.